The van der Waals surface area contributed by atoms with E-state index in [1.165, 1.54) is 0 Å². The summed E-state index contributed by atoms with van der Waals surface area (Å²) < 4.78 is 6.30. The number of nitrogens with two attached hydrogens (primary N) is 1. The number of phenolic OH excluding ortho intramolecular Hbond substituents is 1. The van der Waals surface area contributed by atoms with Gasteiger partial charge in [-0.1, -0.05) is 55.5 Å². The number of hydrogen-bond acceptors (Lipinski definition) is 7. The first kappa shape index (κ1) is 33.1. The fourth-order valence-corrected chi connectivity index (χ4v) is 8.12. The summed E-state index contributed by atoms with van der Waals surface area (Å²) >= 11 is 0. The lowest BCUT2D eigenvalue weighted by Crippen LogP contribution is -2.40. The van der Waals surface area contributed by atoms with E-state index in [-0.39, 0.29) is 53.1 Å². The van der Waals surface area contributed by atoms with E-state index in [1.54, 1.807) is 24.5 Å². The first-order valence-corrected chi connectivity index (χ1v) is 17.2. The molecular weight excluding hydrogens is 590 g/mol. The van der Waals surface area contributed by atoms with E-state index in [4.69, 9.17) is 10.5 Å². The van der Waals surface area contributed by atoms with Crippen molar-refractivity contribution in [3.05, 3.63) is 83.8 Å². The molecule has 8 heteroatoms. The van der Waals surface area contributed by atoms with Crippen LogP contribution in [0.1, 0.15) is 86.9 Å². The summed E-state index contributed by atoms with van der Waals surface area (Å²) in [4.78, 5) is 8.57. The van der Waals surface area contributed by atoms with E-state index in [2.05, 4.69) is 40.9 Å². The van der Waals surface area contributed by atoms with Crippen LogP contribution < -0.4 is 15.5 Å². The molecular formula is C39H48N3O5-. The summed E-state index contributed by atoms with van der Waals surface area (Å²) in [6, 6.07) is 12.9. The Labute approximate surface area is 278 Å². The van der Waals surface area contributed by atoms with Crippen LogP contribution in [0.5, 0.6) is 11.5 Å². The third-order valence-electron chi connectivity index (χ3n) is 11.0. The Morgan fingerprint density at radius 1 is 1.13 bits per heavy atom. The molecule has 1 saturated carbocycles. The number of aromatic hydroxyl groups is 1. The summed E-state index contributed by atoms with van der Waals surface area (Å²) in [5, 5.41) is 44.6. The molecule has 1 aromatic carbocycles. The third-order valence-corrected chi connectivity index (χ3v) is 11.0. The van der Waals surface area contributed by atoms with Crippen LogP contribution in [0.15, 0.2) is 67.0 Å². The minimum absolute atomic E-state index is 0.0109. The van der Waals surface area contributed by atoms with Crippen molar-refractivity contribution < 1.29 is 25.2 Å². The molecule has 6 rings (SSSR count). The highest BCUT2D eigenvalue weighted by molar-refractivity contribution is 5.44. The average Bonchev–Trinajstić information content (AvgIpc) is 3.43. The van der Waals surface area contributed by atoms with Gasteiger partial charge in [-0.3, -0.25) is 0 Å². The average molecular weight is 639 g/mol. The number of aliphatic hydroxyl groups is 3. The molecule has 0 saturated heterocycles. The number of anilines is 1. The number of rotatable bonds is 10. The Kier molecular flexibility index (Phi) is 10.3. The zero-order valence-electron chi connectivity index (χ0n) is 27.2. The lowest BCUT2D eigenvalue weighted by atomic mass is 9.76. The lowest BCUT2D eigenvalue weighted by Gasteiger charge is -2.34. The van der Waals surface area contributed by atoms with Gasteiger partial charge >= 0.3 is 0 Å². The highest BCUT2D eigenvalue weighted by Gasteiger charge is 2.42. The Bertz CT molecular complexity index is 1580. The molecule has 250 valence electrons. The molecule has 1 fully saturated rings. The first-order chi connectivity index (χ1) is 22.8. The Hall–Kier alpha value is -3.77. The van der Waals surface area contributed by atoms with Gasteiger partial charge in [-0.15, -0.1) is 0 Å². The van der Waals surface area contributed by atoms with E-state index < -0.39 is 18.3 Å². The second kappa shape index (κ2) is 14.6. The number of benzene rings is 1. The van der Waals surface area contributed by atoms with Gasteiger partial charge in [0.1, 0.15) is 11.9 Å². The molecule has 2 heterocycles. The maximum Gasteiger partial charge on any atom is 0.161 e. The summed E-state index contributed by atoms with van der Waals surface area (Å²) in [7, 11) is 0. The van der Waals surface area contributed by atoms with Crippen molar-refractivity contribution >= 4 is 5.82 Å². The van der Waals surface area contributed by atoms with Crippen LogP contribution >= 0.6 is 0 Å². The van der Waals surface area contributed by atoms with Crippen molar-refractivity contribution in [1.82, 2.24) is 9.97 Å². The summed E-state index contributed by atoms with van der Waals surface area (Å²) in [5.41, 5.74) is 8.77. The minimum atomic E-state index is -0.748. The second-order valence-electron chi connectivity index (χ2n) is 13.9. The van der Waals surface area contributed by atoms with Gasteiger partial charge in [-0.05, 0) is 98.6 Å². The van der Waals surface area contributed by atoms with Crippen molar-refractivity contribution in [2.45, 2.75) is 94.9 Å². The number of allylic oxidation sites excluding steroid dienone is 2. The van der Waals surface area contributed by atoms with Crippen LogP contribution in [0.25, 0.3) is 0 Å². The largest absolute Gasteiger partial charge is 0.668 e. The molecule has 3 aliphatic rings. The van der Waals surface area contributed by atoms with Crippen molar-refractivity contribution in [3.8, 4) is 23.3 Å². The van der Waals surface area contributed by atoms with Gasteiger partial charge in [0, 0.05) is 29.4 Å². The minimum Gasteiger partial charge on any atom is -0.668 e. The quantitative estimate of drug-likeness (QED) is 0.145. The predicted octanol–water partition coefficient (Wildman–Crippen LogP) is 5.47. The Balaban J connectivity index is 1.23. The Morgan fingerprint density at radius 3 is 2.77 bits per heavy atom. The molecule has 9 unspecified atom stereocenters. The first-order valence-electron chi connectivity index (χ1n) is 17.2. The van der Waals surface area contributed by atoms with Crippen molar-refractivity contribution in [1.29, 1.82) is 0 Å². The molecule has 6 N–H and O–H groups in total. The standard InChI is InChI=1S/C39H48N3O5/c1-2-39-14-3-5-26(12-16-39)38(46)37-25(11-15-39)7-8-27(21-34(37)45)28-9-10-33(44)35(22-28)47-32(24-43)20-30(19-31-6-4-17-41-31)29-13-18-42-36(40)23-29/h4,6-10,13,17-18,22-23,25-27,30,32,34,37-38,43-46H,2-3,5,12,14,16,19-21,24H2,1H3,(H2,40,42)/q-1. The summed E-state index contributed by atoms with van der Waals surface area (Å²) in [6.07, 6.45) is 13.2. The van der Waals surface area contributed by atoms with Gasteiger partial charge < -0.3 is 35.9 Å². The maximum absolute atomic E-state index is 11.7. The Morgan fingerprint density at radius 2 is 2.00 bits per heavy atom. The van der Waals surface area contributed by atoms with Crippen molar-refractivity contribution in [2.75, 3.05) is 12.3 Å². The molecule has 0 amide bonds. The monoisotopic (exact) mass is 638 g/mol. The molecule has 0 aliphatic heterocycles. The van der Waals surface area contributed by atoms with Gasteiger partial charge in [0.15, 0.2) is 11.5 Å². The van der Waals surface area contributed by atoms with Crippen LogP contribution in [0.3, 0.4) is 0 Å². The normalized spacial score (nSPS) is 30.0. The van der Waals surface area contributed by atoms with E-state index in [9.17, 15) is 20.4 Å². The molecule has 3 aromatic rings. The van der Waals surface area contributed by atoms with Crippen LogP contribution in [-0.2, 0) is 6.42 Å². The molecule has 0 radical (unpaired) electrons. The lowest BCUT2D eigenvalue weighted by molar-refractivity contribution is -0.0344. The fourth-order valence-electron chi connectivity index (χ4n) is 8.12. The summed E-state index contributed by atoms with van der Waals surface area (Å²) in [5.74, 6) is 7.17. The van der Waals surface area contributed by atoms with Gasteiger partial charge in [0.2, 0.25) is 0 Å². The predicted molar refractivity (Wildman–Crippen MR) is 182 cm³/mol. The highest BCUT2D eigenvalue weighted by Crippen LogP contribution is 2.46. The van der Waals surface area contributed by atoms with Gasteiger partial charge in [-0.25, -0.2) is 4.98 Å². The number of aliphatic hydroxyl groups excluding tert-OH is 3. The fraction of sp³-hybridized carbons (Fsp3) is 0.513. The topological polar surface area (TPSA) is 143 Å². The number of aromatic nitrogens is 2. The van der Waals surface area contributed by atoms with Crippen molar-refractivity contribution in [2.24, 2.45) is 23.2 Å². The smallest absolute Gasteiger partial charge is 0.161 e. The molecule has 2 bridgehead atoms. The molecule has 0 spiro atoms. The van der Waals surface area contributed by atoms with Gasteiger partial charge in [-0.2, -0.15) is 11.9 Å². The number of phenols is 1. The molecule has 9 atom stereocenters. The molecule has 2 aromatic heterocycles. The number of hydrogen-bond donors (Lipinski definition) is 5. The molecule has 8 nitrogen and oxygen atoms in total. The number of pyridine rings is 1. The van der Waals surface area contributed by atoms with Crippen LogP contribution in [0.4, 0.5) is 5.82 Å². The highest BCUT2D eigenvalue weighted by atomic mass is 16.5. The summed E-state index contributed by atoms with van der Waals surface area (Å²) in [6.45, 7) is 1.97. The SMILES string of the molecule is CCC12C#CC3C=CC(c4ccc(O)c(OC(CO)CC(Cc5ccc[n-]5)c5ccnc(N)c5)c4)CC(O)C3C(O)C(CCC1)CC2. The van der Waals surface area contributed by atoms with E-state index >= 15 is 0 Å². The molecule has 47 heavy (non-hydrogen) atoms. The van der Waals surface area contributed by atoms with Crippen LogP contribution in [-0.4, -0.2) is 50.3 Å². The zero-order chi connectivity index (χ0) is 33.0. The van der Waals surface area contributed by atoms with E-state index in [0.717, 1.165) is 55.3 Å². The van der Waals surface area contributed by atoms with Crippen molar-refractivity contribution in [3.63, 3.8) is 0 Å². The maximum atomic E-state index is 11.7. The van der Waals surface area contributed by atoms with E-state index in [1.807, 2.05) is 30.3 Å². The number of ether oxygens (including phenoxy) is 1. The van der Waals surface area contributed by atoms with E-state index in [0.29, 0.717) is 25.1 Å². The number of nitrogen functional groups attached to an aromatic ring is 1. The van der Waals surface area contributed by atoms with Gasteiger partial charge in [0.05, 0.1) is 18.8 Å². The number of fused-ring (bicyclic) bond motifs is 4. The third kappa shape index (κ3) is 7.54. The zero-order valence-corrected chi connectivity index (χ0v) is 27.2. The number of nitrogens with zero attached hydrogens (tertiary/aromatic N) is 2. The second-order valence-corrected chi connectivity index (χ2v) is 13.9. The van der Waals surface area contributed by atoms with Crippen LogP contribution in [0, 0.1) is 35.0 Å². The molecule has 3 aliphatic carbocycles. The van der Waals surface area contributed by atoms with Crippen LogP contribution in [0.2, 0.25) is 0 Å². The van der Waals surface area contributed by atoms with Gasteiger partial charge in [0.25, 0.3) is 0 Å².